The molecule has 5 heteroatoms. The molecule has 1 aliphatic heterocycles. The van der Waals surface area contributed by atoms with Crippen molar-refractivity contribution in [2.75, 3.05) is 13.0 Å². The lowest BCUT2D eigenvalue weighted by atomic mass is 9.92. The summed E-state index contributed by atoms with van der Waals surface area (Å²) < 4.78 is 18.1. The van der Waals surface area contributed by atoms with Crippen molar-refractivity contribution in [3.63, 3.8) is 0 Å². The maximum atomic E-state index is 11.6. The van der Waals surface area contributed by atoms with Gasteiger partial charge < -0.3 is 11.1 Å². The van der Waals surface area contributed by atoms with Crippen LogP contribution in [0.2, 0.25) is 0 Å². The van der Waals surface area contributed by atoms with E-state index in [0.717, 1.165) is 29.5 Å². The minimum Gasteiger partial charge on any atom is -0.366 e. The van der Waals surface area contributed by atoms with Crippen LogP contribution in [0.5, 0.6) is 0 Å². The van der Waals surface area contributed by atoms with E-state index < -0.39 is 12.4 Å². The summed E-state index contributed by atoms with van der Waals surface area (Å²) in [5.74, 6) is -0.660. The molecule has 122 valence electrons. The average Bonchev–Trinajstić information content (AvgIpc) is 3.05. The number of nitrogens with one attached hydrogen (secondary N) is 1. The van der Waals surface area contributed by atoms with Crippen molar-refractivity contribution in [1.29, 1.82) is 0 Å². The Morgan fingerprint density at radius 3 is 2.88 bits per heavy atom. The van der Waals surface area contributed by atoms with Gasteiger partial charge in [-0.05, 0) is 49.1 Å². The van der Waals surface area contributed by atoms with E-state index in [-0.39, 0.29) is 5.92 Å². The van der Waals surface area contributed by atoms with Gasteiger partial charge in [0.15, 0.2) is 0 Å². The number of benzene rings is 2. The van der Waals surface area contributed by atoms with E-state index >= 15 is 0 Å². The molecule has 0 saturated carbocycles. The molecule has 2 heterocycles. The number of carbonyl (C=O) groups is 1. The molecule has 0 spiro atoms. The number of rotatable bonds is 3. The van der Waals surface area contributed by atoms with E-state index in [2.05, 4.69) is 10.4 Å². The van der Waals surface area contributed by atoms with Gasteiger partial charge in [0.05, 0.1) is 11.3 Å². The summed E-state index contributed by atoms with van der Waals surface area (Å²) in [5.41, 5.74) is 8.23. The summed E-state index contributed by atoms with van der Waals surface area (Å²) in [6.45, 7) is -0.680. The fourth-order valence-corrected chi connectivity index (χ4v) is 3.15. The molecule has 3 aromatic rings. The minimum atomic E-state index is -1.39. The SMILES string of the molecule is [2H]C1([2H])NCCC[C@H]1c1ccc(-n2cc3cccc(C(N)=O)c3n2)cc1. The van der Waals surface area contributed by atoms with Gasteiger partial charge in [0, 0.05) is 20.8 Å². The highest BCUT2D eigenvalue weighted by Crippen LogP contribution is 2.25. The molecule has 3 N–H and O–H groups in total. The monoisotopic (exact) mass is 322 g/mol. The summed E-state index contributed by atoms with van der Waals surface area (Å²) in [4.78, 5) is 11.6. The summed E-state index contributed by atoms with van der Waals surface area (Å²) in [5, 5.41) is 8.31. The van der Waals surface area contributed by atoms with E-state index in [9.17, 15) is 4.79 Å². The van der Waals surface area contributed by atoms with Gasteiger partial charge in [-0.1, -0.05) is 24.3 Å². The maximum absolute atomic E-state index is 11.6. The third kappa shape index (κ3) is 2.67. The van der Waals surface area contributed by atoms with Crippen LogP contribution in [0.3, 0.4) is 0 Å². The first-order valence-corrected chi connectivity index (χ1v) is 8.09. The van der Waals surface area contributed by atoms with Gasteiger partial charge in [-0.3, -0.25) is 4.79 Å². The number of primary amides is 1. The Kier molecular flexibility index (Phi) is 3.23. The molecule has 4 rings (SSSR count). The summed E-state index contributed by atoms with van der Waals surface area (Å²) >= 11 is 0. The number of hydrogen-bond acceptors (Lipinski definition) is 3. The molecule has 24 heavy (non-hydrogen) atoms. The molecule has 0 bridgehead atoms. The van der Waals surface area contributed by atoms with Gasteiger partial charge in [-0.25, -0.2) is 4.68 Å². The molecule has 1 aliphatic rings. The average molecular weight is 322 g/mol. The summed E-state index contributed by atoms with van der Waals surface area (Å²) in [6.07, 6.45) is 3.65. The fraction of sp³-hybridized carbons (Fsp3) is 0.263. The van der Waals surface area contributed by atoms with Crippen LogP contribution in [0.25, 0.3) is 16.6 Å². The number of hydrogen-bond donors (Lipinski definition) is 2. The second-order valence-electron chi connectivity index (χ2n) is 6.04. The number of piperidine rings is 1. The third-order valence-electron chi connectivity index (χ3n) is 4.43. The number of carbonyl (C=O) groups excluding carboxylic acids is 1. The first-order chi connectivity index (χ1) is 12.5. The largest absolute Gasteiger partial charge is 0.366 e. The van der Waals surface area contributed by atoms with Crippen molar-refractivity contribution >= 4 is 16.8 Å². The van der Waals surface area contributed by atoms with E-state index in [0.29, 0.717) is 17.6 Å². The molecule has 1 atom stereocenters. The van der Waals surface area contributed by atoms with E-state index in [1.165, 1.54) is 0 Å². The van der Waals surface area contributed by atoms with Gasteiger partial charge in [-0.15, -0.1) is 0 Å². The number of amides is 1. The Balaban J connectivity index is 1.68. The Hall–Kier alpha value is -2.66. The quantitative estimate of drug-likeness (QED) is 0.778. The number of fused-ring (bicyclic) bond motifs is 1. The van der Waals surface area contributed by atoms with Crippen LogP contribution in [0, 0.1) is 0 Å². The molecular weight excluding hydrogens is 300 g/mol. The predicted octanol–water partition coefficient (Wildman–Crippen LogP) is 2.59. The Bertz CT molecular complexity index is 965. The zero-order valence-corrected chi connectivity index (χ0v) is 13.2. The highest BCUT2D eigenvalue weighted by molar-refractivity contribution is 6.04. The van der Waals surface area contributed by atoms with Gasteiger partial charge in [-0.2, -0.15) is 5.10 Å². The lowest BCUT2D eigenvalue weighted by molar-refractivity contribution is 0.100. The second-order valence-corrected chi connectivity index (χ2v) is 6.04. The van der Waals surface area contributed by atoms with Crippen molar-refractivity contribution in [1.82, 2.24) is 15.1 Å². The van der Waals surface area contributed by atoms with Crippen molar-refractivity contribution in [3.05, 3.63) is 59.8 Å². The smallest absolute Gasteiger partial charge is 0.250 e. The Morgan fingerprint density at radius 2 is 2.12 bits per heavy atom. The van der Waals surface area contributed by atoms with Crippen molar-refractivity contribution < 1.29 is 7.54 Å². The number of nitrogens with two attached hydrogens (primary N) is 1. The van der Waals surface area contributed by atoms with Crippen LogP contribution in [-0.4, -0.2) is 28.7 Å². The topological polar surface area (TPSA) is 72.9 Å². The molecule has 5 nitrogen and oxygen atoms in total. The van der Waals surface area contributed by atoms with Crippen LogP contribution in [0.1, 0.15) is 37.4 Å². The van der Waals surface area contributed by atoms with E-state index in [1.807, 2.05) is 36.5 Å². The molecule has 2 aromatic carbocycles. The van der Waals surface area contributed by atoms with Gasteiger partial charge in [0.1, 0.15) is 5.52 Å². The van der Waals surface area contributed by atoms with Crippen LogP contribution in [0.4, 0.5) is 0 Å². The lowest BCUT2D eigenvalue weighted by Crippen LogP contribution is -2.28. The normalized spacial score (nSPS) is 21.2. The first-order valence-electron chi connectivity index (χ1n) is 9.09. The third-order valence-corrected chi connectivity index (χ3v) is 4.43. The molecule has 1 fully saturated rings. The summed E-state index contributed by atoms with van der Waals surface area (Å²) in [6, 6.07) is 13.1. The zero-order chi connectivity index (χ0) is 18.3. The van der Waals surface area contributed by atoms with Crippen LogP contribution in [-0.2, 0) is 0 Å². The number of nitrogens with zero attached hydrogens (tertiary/aromatic N) is 2. The molecule has 1 amide bonds. The molecule has 0 aliphatic carbocycles. The van der Waals surface area contributed by atoms with Crippen molar-refractivity contribution in [2.24, 2.45) is 5.73 Å². The van der Waals surface area contributed by atoms with Gasteiger partial charge in [0.2, 0.25) is 0 Å². The highest BCUT2D eigenvalue weighted by atomic mass is 16.1. The van der Waals surface area contributed by atoms with E-state index in [1.54, 1.807) is 16.8 Å². The summed E-state index contributed by atoms with van der Waals surface area (Å²) in [7, 11) is 0. The van der Waals surface area contributed by atoms with Gasteiger partial charge in [0.25, 0.3) is 5.91 Å². The molecule has 0 unspecified atom stereocenters. The zero-order valence-electron chi connectivity index (χ0n) is 15.2. The fourth-order valence-electron chi connectivity index (χ4n) is 3.15. The molecule has 1 aromatic heterocycles. The second kappa shape index (κ2) is 6.09. The minimum absolute atomic E-state index is 0.163. The van der Waals surface area contributed by atoms with Crippen LogP contribution in [0.15, 0.2) is 48.7 Å². The first kappa shape index (κ1) is 12.7. The van der Waals surface area contributed by atoms with Crippen molar-refractivity contribution in [2.45, 2.75) is 18.8 Å². The Morgan fingerprint density at radius 1 is 1.29 bits per heavy atom. The lowest BCUT2D eigenvalue weighted by Gasteiger charge is -2.23. The van der Waals surface area contributed by atoms with Gasteiger partial charge >= 0.3 is 0 Å². The molecule has 0 radical (unpaired) electrons. The standard InChI is InChI=1S/C19H20N4O/c20-19(24)17-5-1-3-15-12-23(22-18(15)17)16-8-6-13(7-9-16)14-4-2-10-21-11-14/h1,3,5-9,12,14,21H,2,4,10-11H2,(H2,20,24)/t14-/m1/s1/i11D2. The maximum Gasteiger partial charge on any atom is 0.250 e. The van der Waals surface area contributed by atoms with Crippen molar-refractivity contribution in [3.8, 4) is 5.69 Å². The van der Waals surface area contributed by atoms with Crippen LogP contribution < -0.4 is 11.1 Å². The van der Waals surface area contributed by atoms with Crippen LogP contribution >= 0.6 is 0 Å². The van der Waals surface area contributed by atoms with E-state index in [4.69, 9.17) is 8.48 Å². The highest BCUT2D eigenvalue weighted by Gasteiger charge is 2.15. The molecular formula is C19H20N4O. The molecule has 1 saturated heterocycles. The Labute approximate surface area is 143 Å². The number of aromatic nitrogens is 2. The predicted molar refractivity (Wildman–Crippen MR) is 94.4 cm³/mol.